The molecular weight excluding hydrogens is 411 g/mol. The topological polar surface area (TPSA) is 142 Å². The van der Waals surface area contributed by atoms with Crippen molar-refractivity contribution in [1.29, 1.82) is 0 Å². The highest BCUT2D eigenvalue weighted by Crippen LogP contribution is 2.46. The van der Waals surface area contributed by atoms with Crippen LogP contribution in [0.3, 0.4) is 0 Å². The van der Waals surface area contributed by atoms with E-state index in [4.69, 9.17) is 0 Å². The fourth-order valence-electron chi connectivity index (χ4n) is 3.28. The maximum Gasteiger partial charge on any atom is 0.437 e. The van der Waals surface area contributed by atoms with Crippen LogP contribution in [0.2, 0.25) is 0 Å². The summed E-state index contributed by atoms with van der Waals surface area (Å²) in [6, 6.07) is 5.75. The first kappa shape index (κ1) is 21.0. The number of nitro benzene ring substituents is 1. The van der Waals surface area contributed by atoms with Crippen molar-refractivity contribution in [2.75, 3.05) is 0 Å². The molecule has 2 aromatic rings. The summed E-state index contributed by atoms with van der Waals surface area (Å²) < 4.78 is 41.4. The molecular formula is C18H14F3N3O6. The van der Waals surface area contributed by atoms with Crippen molar-refractivity contribution in [3.05, 3.63) is 69.8 Å². The number of carbonyl (C=O) groups is 2. The van der Waals surface area contributed by atoms with Gasteiger partial charge >= 0.3 is 12.2 Å². The fourth-order valence-corrected chi connectivity index (χ4v) is 3.28. The summed E-state index contributed by atoms with van der Waals surface area (Å²) in [4.78, 5) is 35.1. The first-order valence-electron chi connectivity index (χ1n) is 8.40. The third-order valence-corrected chi connectivity index (χ3v) is 4.70. The van der Waals surface area contributed by atoms with E-state index in [1.54, 1.807) is 0 Å². The average molecular weight is 425 g/mol. The number of aromatic hydroxyl groups is 1. The van der Waals surface area contributed by atoms with E-state index in [9.17, 15) is 43.1 Å². The van der Waals surface area contributed by atoms with Crippen LogP contribution in [0.15, 0.2) is 48.5 Å². The second kappa shape index (κ2) is 7.30. The maximum atomic E-state index is 13.8. The number of nitrogens with one attached hydrogen (secondary N) is 2. The second-order valence-electron chi connectivity index (χ2n) is 6.55. The zero-order valence-electron chi connectivity index (χ0n) is 14.9. The Morgan fingerprint density at radius 3 is 2.37 bits per heavy atom. The van der Waals surface area contributed by atoms with Crippen molar-refractivity contribution in [3.63, 3.8) is 0 Å². The van der Waals surface area contributed by atoms with Gasteiger partial charge in [0.15, 0.2) is 5.78 Å². The van der Waals surface area contributed by atoms with Gasteiger partial charge in [-0.3, -0.25) is 14.9 Å². The Hall–Kier alpha value is -3.67. The smallest absolute Gasteiger partial charge is 0.437 e. The van der Waals surface area contributed by atoms with E-state index in [0.29, 0.717) is 0 Å². The van der Waals surface area contributed by atoms with Crippen LogP contribution in [0.4, 0.5) is 23.7 Å². The van der Waals surface area contributed by atoms with Gasteiger partial charge in [-0.1, -0.05) is 30.3 Å². The number of phenols is 1. The van der Waals surface area contributed by atoms with E-state index < -0.39 is 57.6 Å². The largest absolute Gasteiger partial charge is 0.508 e. The van der Waals surface area contributed by atoms with Crippen LogP contribution in [0, 0.1) is 16.0 Å². The lowest BCUT2D eigenvalue weighted by molar-refractivity contribution is -0.385. The van der Waals surface area contributed by atoms with Crippen molar-refractivity contribution in [2.24, 2.45) is 5.92 Å². The molecule has 1 saturated heterocycles. The molecule has 1 aliphatic heterocycles. The minimum absolute atomic E-state index is 0.210. The highest BCUT2D eigenvalue weighted by atomic mass is 19.4. The van der Waals surface area contributed by atoms with Crippen molar-refractivity contribution >= 4 is 17.5 Å². The number of nitrogens with zero attached hydrogens (tertiary/aromatic N) is 1. The monoisotopic (exact) mass is 425 g/mol. The first-order valence-corrected chi connectivity index (χ1v) is 8.40. The molecule has 1 heterocycles. The maximum absolute atomic E-state index is 13.8. The van der Waals surface area contributed by atoms with Gasteiger partial charge in [-0.2, -0.15) is 13.2 Å². The van der Waals surface area contributed by atoms with Crippen molar-refractivity contribution in [2.45, 2.75) is 17.9 Å². The van der Waals surface area contributed by atoms with Crippen LogP contribution in [0.5, 0.6) is 5.75 Å². The van der Waals surface area contributed by atoms with Gasteiger partial charge in [0.2, 0.25) is 5.72 Å². The number of non-ortho nitro benzene ring substituents is 1. The minimum Gasteiger partial charge on any atom is -0.508 e. The Bertz CT molecular complexity index is 1010. The van der Waals surface area contributed by atoms with Crippen molar-refractivity contribution in [1.82, 2.24) is 10.6 Å². The summed E-state index contributed by atoms with van der Waals surface area (Å²) in [5, 5.41) is 35.0. The molecule has 3 atom stereocenters. The number of benzene rings is 2. The van der Waals surface area contributed by atoms with E-state index in [1.807, 2.05) is 0 Å². The average Bonchev–Trinajstić information content (AvgIpc) is 2.67. The van der Waals surface area contributed by atoms with Crippen LogP contribution in [0.1, 0.15) is 22.0 Å². The van der Waals surface area contributed by atoms with Crippen LogP contribution in [-0.4, -0.2) is 38.9 Å². The minimum atomic E-state index is -5.49. The molecule has 30 heavy (non-hydrogen) atoms. The molecule has 0 radical (unpaired) electrons. The molecule has 3 rings (SSSR count). The predicted octanol–water partition coefficient (Wildman–Crippen LogP) is 2.40. The summed E-state index contributed by atoms with van der Waals surface area (Å²) >= 11 is 0. The Labute approximate surface area is 166 Å². The number of hydrogen-bond donors (Lipinski definition) is 4. The fraction of sp³-hybridized carbons (Fsp3) is 0.222. The van der Waals surface area contributed by atoms with Gasteiger partial charge in [0.05, 0.1) is 11.0 Å². The Morgan fingerprint density at radius 1 is 1.17 bits per heavy atom. The Balaban J connectivity index is 2.23. The number of phenolic OH excluding ortho intramolecular Hbond substituents is 1. The zero-order valence-corrected chi connectivity index (χ0v) is 14.9. The van der Waals surface area contributed by atoms with Gasteiger partial charge < -0.3 is 20.8 Å². The summed E-state index contributed by atoms with van der Waals surface area (Å²) in [6.45, 7) is 0. The Kier molecular flexibility index (Phi) is 5.12. The molecule has 9 nitrogen and oxygen atoms in total. The number of nitro groups is 1. The highest BCUT2D eigenvalue weighted by molar-refractivity contribution is 6.00. The zero-order chi connectivity index (χ0) is 22.3. The lowest BCUT2D eigenvalue weighted by atomic mass is 9.77. The van der Waals surface area contributed by atoms with E-state index in [-0.39, 0.29) is 5.56 Å². The van der Waals surface area contributed by atoms with Gasteiger partial charge in [0.1, 0.15) is 11.7 Å². The lowest BCUT2D eigenvalue weighted by Crippen LogP contribution is -2.72. The quantitative estimate of drug-likeness (QED) is 0.337. The number of urea groups is 1. The normalized spacial score (nSPS) is 23.9. The van der Waals surface area contributed by atoms with Gasteiger partial charge in [0.25, 0.3) is 5.69 Å². The second-order valence-corrected chi connectivity index (χ2v) is 6.55. The molecule has 0 spiro atoms. The van der Waals surface area contributed by atoms with Crippen LogP contribution < -0.4 is 10.6 Å². The molecule has 1 fully saturated rings. The molecule has 2 amide bonds. The van der Waals surface area contributed by atoms with Crippen LogP contribution in [0.25, 0.3) is 0 Å². The standard InChI is InChI=1S/C18H14F3N3O6/c19-18(20,21)17(28)13(15(26)9-4-2-1-3-5-9)14(22-16(27)23-17)11-8-10(24(29)30)6-7-12(11)25/h1-8,13-14,25,28H,(H2,22,23,27)/t13-,14-,17-/m0/s1. The molecule has 2 aromatic carbocycles. The molecule has 0 bridgehead atoms. The molecule has 0 aromatic heterocycles. The molecule has 0 saturated carbocycles. The number of Topliss-reactive ketones (excluding diaryl/α,β-unsaturated/α-hetero) is 1. The van der Waals surface area contributed by atoms with Crippen molar-refractivity contribution < 1.29 is 37.9 Å². The number of carbonyl (C=O) groups excluding carboxylic acids is 2. The van der Waals surface area contributed by atoms with E-state index >= 15 is 0 Å². The summed E-state index contributed by atoms with van der Waals surface area (Å²) in [5.41, 5.74) is -5.35. The summed E-state index contributed by atoms with van der Waals surface area (Å²) in [6.07, 6.45) is -5.49. The molecule has 0 aliphatic carbocycles. The molecule has 4 N–H and O–H groups in total. The van der Waals surface area contributed by atoms with Gasteiger partial charge in [0, 0.05) is 23.3 Å². The summed E-state index contributed by atoms with van der Waals surface area (Å²) in [5.74, 6) is -4.33. The summed E-state index contributed by atoms with van der Waals surface area (Å²) in [7, 11) is 0. The number of aliphatic hydroxyl groups is 1. The van der Waals surface area contributed by atoms with Crippen LogP contribution in [-0.2, 0) is 0 Å². The third-order valence-electron chi connectivity index (χ3n) is 4.70. The number of alkyl halides is 3. The third kappa shape index (κ3) is 3.52. The molecule has 0 unspecified atom stereocenters. The molecule has 158 valence electrons. The number of hydrogen-bond acceptors (Lipinski definition) is 6. The van der Waals surface area contributed by atoms with Crippen molar-refractivity contribution in [3.8, 4) is 5.75 Å². The number of ketones is 1. The molecule has 12 heteroatoms. The van der Waals surface area contributed by atoms with Gasteiger partial charge in [-0.05, 0) is 6.07 Å². The lowest BCUT2D eigenvalue weighted by Gasteiger charge is -2.45. The number of rotatable bonds is 4. The van der Waals surface area contributed by atoms with E-state index in [0.717, 1.165) is 18.2 Å². The van der Waals surface area contributed by atoms with E-state index in [2.05, 4.69) is 5.32 Å². The number of halogens is 3. The molecule has 1 aliphatic rings. The number of amides is 2. The first-order chi connectivity index (χ1) is 14.0. The van der Waals surface area contributed by atoms with Gasteiger partial charge in [-0.15, -0.1) is 0 Å². The van der Waals surface area contributed by atoms with Crippen LogP contribution >= 0.6 is 0 Å². The SMILES string of the molecule is O=C1N[C@@H](c2cc([N+](=O)[O-])ccc2O)[C@@H](C(=O)c2ccccc2)[C@](O)(C(F)(F)F)N1. The van der Waals surface area contributed by atoms with Gasteiger partial charge in [-0.25, -0.2) is 4.79 Å². The predicted molar refractivity (Wildman–Crippen MR) is 94.4 cm³/mol. The highest BCUT2D eigenvalue weighted by Gasteiger charge is 2.66. The van der Waals surface area contributed by atoms with E-state index in [1.165, 1.54) is 35.6 Å². The Morgan fingerprint density at radius 2 is 1.80 bits per heavy atom.